The lowest BCUT2D eigenvalue weighted by Crippen LogP contribution is -2.05. The van der Waals surface area contributed by atoms with Crippen LogP contribution in [0.25, 0.3) is 0 Å². The summed E-state index contributed by atoms with van der Waals surface area (Å²) in [6.45, 7) is 4.23. The lowest BCUT2D eigenvalue weighted by Gasteiger charge is -2.10. The minimum Gasteiger partial charge on any atom is -0.263 e. The number of rotatable bonds is 7. The van der Waals surface area contributed by atoms with Crippen molar-refractivity contribution in [3.8, 4) is 0 Å². The molecule has 0 aliphatic heterocycles. The summed E-state index contributed by atoms with van der Waals surface area (Å²) in [7, 11) is 0. The average molecular weight is 225 g/mol. The van der Waals surface area contributed by atoms with Gasteiger partial charge in [0.05, 0.1) is 4.92 Å². The molecule has 0 radical (unpaired) electrons. The lowest BCUT2D eigenvalue weighted by atomic mass is 10.1. The first-order chi connectivity index (χ1) is 7.65. The smallest absolute Gasteiger partial charge is 0.263 e. The fourth-order valence-electron chi connectivity index (χ4n) is 1.66. The minimum atomic E-state index is -0.409. The van der Waals surface area contributed by atoms with Crippen LogP contribution in [0.15, 0.2) is 12.4 Å². The first-order valence-corrected chi connectivity index (χ1v) is 5.83. The van der Waals surface area contributed by atoms with E-state index in [0.717, 1.165) is 12.8 Å². The second-order valence-corrected chi connectivity index (χ2v) is 4.13. The van der Waals surface area contributed by atoms with Gasteiger partial charge in [-0.1, -0.05) is 32.6 Å². The quantitative estimate of drug-likeness (QED) is 0.406. The Hall–Kier alpha value is -1.39. The van der Waals surface area contributed by atoms with Crippen LogP contribution in [0.5, 0.6) is 0 Å². The molecule has 16 heavy (non-hydrogen) atoms. The van der Waals surface area contributed by atoms with Crippen LogP contribution in [0.2, 0.25) is 0 Å². The molecule has 0 aliphatic carbocycles. The first-order valence-electron chi connectivity index (χ1n) is 5.83. The molecular weight excluding hydrogens is 206 g/mol. The third-order valence-electron chi connectivity index (χ3n) is 2.73. The van der Waals surface area contributed by atoms with Gasteiger partial charge in [0.1, 0.15) is 12.4 Å². The van der Waals surface area contributed by atoms with Crippen molar-refractivity contribution in [2.45, 2.75) is 52.0 Å². The molecule has 0 aromatic carbocycles. The standard InChI is InChI=1S/C11H19N3O2/c1-3-4-5-6-7-10(2)13-9-11(8-12-13)14(15)16/h8-10H,3-7H2,1-2H3. The highest BCUT2D eigenvalue weighted by Gasteiger charge is 2.12. The predicted molar refractivity (Wildman–Crippen MR) is 62.4 cm³/mol. The van der Waals surface area contributed by atoms with E-state index in [-0.39, 0.29) is 11.7 Å². The zero-order chi connectivity index (χ0) is 12.0. The van der Waals surface area contributed by atoms with E-state index in [1.165, 1.54) is 31.7 Å². The predicted octanol–water partition coefficient (Wildman–Crippen LogP) is 3.32. The van der Waals surface area contributed by atoms with Crippen molar-refractivity contribution in [1.82, 2.24) is 9.78 Å². The van der Waals surface area contributed by atoms with E-state index in [9.17, 15) is 10.1 Å². The van der Waals surface area contributed by atoms with E-state index < -0.39 is 4.92 Å². The molecule has 5 nitrogen and oxygen atoms in total. The van der Waals surface area contributed by atoms with Crippen molar-refractivity contribution < 1.29 is 4.92 Å². The van der Waals surface area contributed by atoms with E-state index >= 15 is 0 Å². The number of nitrogens with zero attached hydrogens (tertiary/aromatic N) is 3. The van der Waals surface area contributed by atoms with E-state index in [4.69, 9.17) is 0 Å². The number of unbranched alkanes of at least 4 members (excludes halogenated alkanes) is 3. The molecule has 90 valence electrons. The van der Waals surface area contributed by atoms with Gasteiger partial charge in [-0.3, -0.25) is 14.8 Å². The molecule has 0 saturated heterocycles. The van der Waals surface area contributed by atoms with Gasteiger partial charge in [-0.15, -0.1) is 0 Å². The fraction of sp³-hybridized carbons (Fsp3) is 0.727. The summed E-state index contributed by atoms with van der Waals surface area (Å²) in [4.78, 5) is 10.1. The number of nitro groups is 1. The van der Waals surface area contributed by atoms with Crippen molar-refractivity contribution in [3.63, 3.8) is 0 Å². The summed E-state index contributed by atoms with van der Waals surface area (Å²) >= 11 is 0. The number of hydrogen-bond acceptors (Lipinski definition) is 3. The van der Waals surface area contributed by atoms with Crippen molar-refractivity contribution in [3.05, 3.63) is 22.5 Å². The van der Waals surface area contributed by atoms with Gasteiger partial charge in [-0.05, 0) is 13.3 Å². The van der Waals surface area contributed by atoms with Gasteiger partial charge in [0.25, 0.3) is 0 Å². The third-order valence-corrected chi connectivity index (χ3v) is 2.73. The Kier molecular flexibility index (Phi) is 4.95. The average Bonchev–Trinajstić information content (AvgIpc) is 2.73. The molecule has 1 rings (SSSR count). The molecule has 0 amide bonds. The van der Waals surface area contributed by atoms with Crippen molar-refractivity contribution in [2.24, 2.45) is 0 Å². The van der Waals surface area contributed by atoms with Crippen molar-refractivity contribution in [2.75, 3.05) is 0 Å². The third kappa shape index (κ3) is 3.64. The molecule has 0 fully saturated rings. The first kappa shape index (κ1) is 12.7. The summed E-state index contributed by atoms with van der Waals surface area (Å²) in [6, 6.07) is 0.241. The van der Waals surface area contributed by atoms with Crippen LogP contribution >= 0.6 is 0 Å². The van der Waals surface area contributed by atoms with Crippen molar-refractivity contribution in [1.29, 1.82) is 0 Å². The van der Waals surface area contributed by atoms with E-state index in [1.807, 2.05) is 6.92 Å². The molecule has 0 aliphatic rings. The molecule has 5 heteroatoms. The molecule has 1 aromatic rings. The maximum absolute atomic E-state index is 10.5. The monoisotopic (exact) mass is 225 g/mol. The Balaban J connectivity index is 2.40. The summed E-state index contributed by atoms with van der Waals surface area (Å²) in [5.74, 6) is 0. The fourth-order valence-corrected chi connectivity index (χ4v) is 1.66. The topological polar surface area (TPSA) is 61.0 Å². The van der Waals surface area contributed by atoms with Crippen LogP contribution in [-0.2, 0) is 0 Å². The molecular formula is C11H19N3O2. The maximum Gasteiger partial charge on any atom is 0.307 e. The maximum atomic E-state index is 10.5. The van der Waals surface area contributed by atoms with E-state index in [1.54, 1.807) is 4.68 Å². The van der Waals surface area contributed by atoms with Crippen LogP contribution in [0, 0.1) is 10.1 Å². The Labute approximate surface area is 95.6 Å². The summed E-state index contributed by atoms with van der Waals surface area (Å²) in [6.07, 6.45) is 8.70. The van der Waals surface area contributed by atoms with E-state index in [0.29, 0.717) is 0 Å². The second kappa shape index (κ2) is 6.25. The van der Waals surface area contributed by atoms with Gasteiger partial charge in [0.2, 0.25) is 0 Å². The summed E-state index contributed by atoms with van der Waals surface area (Å²) in [5.41, 5.74) is 0.0698. The highest BCUT2D eigenvalue weighted by atomic mass is 16.6. The van der Waals surface area contributed by atoms with Gasteiger partial charge < -0.3 is 0 Å². The van der Waals surface area contributed by atoms with Gasteiger partial charge in [-0.25, -0.2) is 0 Å². The molecule has 0 saturated carbocycles. The molecule has 1 aromatic heterocycles. The SMILES string of the molecule is CCCCCCC(C)n1cc([N+](=O)[O-])cn1. The molecule has 1 heterocycles. The van der Waals surface area contributed by atoms with E-state index in [2.05, 4.69) is 12.0 Å². The molecule has 0 spiro atoms. The molecule has 0 bridgehead atoms. The summed E-state index contributed by atoms with van der Waals surface area (Å²) < 4.78 is 1.68. The van der Waals surface area contributed by atoms with Crippen LogP contribution in [0.4, 0.5) is 5.69 Å². The summed E-state index contributed by atoms with van der Waals surface area (Å²) in [5, 5.41) is 14.5. The van der Waals surface area contributed by atoms with Crippen LogP contribution in [0.1, 0.15) is 52.0 Å². The number of hydrogen-bond donors (Lipinski definition) is 0. The van der Waals surface area contributed by atoms with Gasteiger partial charge in [-0.2, -0.15) is 5.10 Å². The van der Waals surface area contributed by atoms with Crippen molar-refractivity contribution >= 4 is 5.69 Å². The van der Waals surface area contributed by atoms with Gasteiger partial charge in [0, 0.05) is 6.04 Å². The highest BCUT2D eigenvalue weighted by Crippen LogP contribution is 2.18. The zero-order valence-corrected chi connectivity index (χ0v) is 9.93. The normalized spacial score (nSPS) is 12.6. The Bertz CT molecular complexity index is 336. The lowest BCUT2D eigenvalue weighted by molar-refractivity contribution is -0.385. The molecule has 1 unspecified atom stereocenters. The van der Waals surface area contributed by atoms with Crippen LogP contribution < -0.4 is 0 Å². The Morgan fingerprint density at radius 1 is 1.50 bits per heavy atom. The minimum absolute atomic E-state index is 0.0698. The van der Waals surface area contributed by atoms with Crippen LogP contribution in [0.3, 0.4) is 0 Å². The Morgan fingerprint density at radius 3 is 2.81 bits per heavy atom. The second-order valence-electron chi connectivity index (χ2n) is 4.13. The number of aromatic nitrogens is 2. The molecule has 0 N–H and O–H groups in total. The Morgan fingerprint density at radius 2 is 2.25 bits per heavy atom. The molecule has 1 atom stereocenters. The largest absolute Gasteiger partial charge is 0.307 e. The van der Waals surface area contributed by atoms with Crippen LogP contribution in [-0.4, -0.2) is 14.7 Å². The van der Waals surface area contributed by atoms with Gasteiger partial charge >= 0.3 is 5.69 Å². The zero-order valence-electron chi connectivity index (χ0n) is 9.93. The van der Waals surface area contributed by atoms with Gasteiger partial charge in [0.15, 0.2) is 0 Å². The highest BCUT2D eigenvalue weighted by molar-refractivity contribution is 5.20.